The maximum Gasteiger partial charge on any atom is 0.256 e. The van der Waals surface area contributed by atoms with Gasteiger partial charge in [0.05, 0.1) is 17.8 Å². The highest BCUT2D eigenvalue weighted by Crippen LogP contribution is 2.20. The van der Waals surface area contributed by atoms with Crippen LogP contribution in [0.3, 0.4) is 0 Å². The number of hydrogen-bond donors (Lipinski definition) is 0. The number of carbonyl (C=O) groups excluding carboxylic acids is 1. The van der Waals surface area contributed by atoms with E-state index in [1.807, 2.05) is 59.7 Å². The molecule has 0 aliphatic carbocycles. The van der Waals surface area contributed by atoms with Crippen LogP contribution in [0, 0.1) is 0 Å². The van der Waals surface area contributed by atoms with Crippen LogP contribution in [0.15, 0.2) is 78.1 Å². The van der Waals surface area contributed by atoms with E-state index in [2.05, 4.69) is 22.1 Å². The first kappa shape index (κ1) is 18.1. The number of rotatable bonds is 7. The molecule has 0 saturated carbocycles. The molecule has 26 heavy (non-hydrogen) atoms. The fraction of sp³-hybridized carbons (Fsp3) is 0.190. The van der Waals surface area contributed by atoms with Gasteiger partial charge in [-0.3, -0.25) is 9.78 Å². The summed E-state index contributed by atoms with van der Waals surface area (Å²) in [4.78, 5) is 23.8. The highest BCUT2D eigenvalue weighted by molar-refractivity contribution is 7.98. The number of pyridine rings is 2. The fourth-order valence-corrected chi connectivity index (χ4v) is 3.28. The van der Waals surface area contributed by atoms with Gasteiger partial charge in [0, 0.05) is 18.9 Å². The number of nitrogens with zero attached hydrogens (tertiary/aromatic N) is 3. The topological polar surface area (TPSA) is 46.1 Å². The van der Waals surface area contributed by atoms with Gasteiger partial charge in [-0.2, -0.15) is 0 Å². The van der Waals surface area contributed by atoms with Crippen molar-refractivity contribution < 1.29 is 4.79 Å². The van der Waals surface area contributed by atoms with E-state index >= 15 is 0 Å². The molecule has 3 rings (SSSR count). The van der Waals surface area contributed by atoms with Crippen LogP contribution in [0.5, 0.6) is 0 Å². The van der Waals surface area contributed by atoms with Crippen molar-refractivity contribution in [3.8, 4) is 0 Å². The lowest BCUT2D eigenvalue weighted by atomic mass is 10.1. The van der Waals surface area contributed by atoms with Crippen molar-refractivity contribution in [3.05, 3.63) is 89.9 Å². The van der Waals surface area contributed by atoms with Crippen LogP contribution in [-0.2, 0) is 13.0 Å². The third kappa shape index (κ3) is 4.70. The molecule has 5 heteroatoms. The van der Waals surface area contributed by atoms with Gasteiger partial charge in [-0.1, -0.05) is 36.4 Å². The summed E-state index contributed by atoms with van der Waals surface area (Å²) < 4.78 is 0. The quantitative estimate of drug-likeness (QED) is 0.593. The molecule has 0 radical (unpaired) electrons. The summed E-state index contributed by atoms with van der Waals surface area (Å²) in [5.74, 6) is -0.0102. The zero-order valence-corrected chi connectivity index (χ0v) is 15.5. The molecule has 0 aliphatic rings. The largest absolute Gasteiger partial charge is 0.332 e. The van der Waals surface area contributed by atoms with Gasteiger partial charge in [0.25, 0.3) is 5.91 Å². The van der Waals surface area contributed by atoms with Crippen LogP contribution < -0.4 is 0 Å². The molecule has 4 nitrogen and oxygen atoms in total. The molecule has 0 aliphatic heterocycles. The van der Waals surface area contributed by atoms with Crippen LogP contribution >= 0.6 is 11.8 Å². The molecule has 132 valence electrons. The number of carbonyl (C=O) groups is 1. The van der Waals surface area contributed by atoms with Gasteiger partial charge in [0.1, 0.15) is 5.03 Å². The van der Waals surface area contributed by atoms with Gasteiger partial charge in [-0.05, 0) is 42.5 Å². The number of benzene rings is 1. The number of aromatic nitrogens is 2. The Labute approximate surface area is 158 Å². The summed E-state index contributed by atoms with van der Waals surface area (Å²) in [5, 5.41) is 0.753. The second-order valence-corrected chi connectivity index (χ2v) is 6.64. The van der Waals surface area contributed by atoms with E-state index in [1.54, 1.807) is 12.4 Å². The highest BCUT2D eigenvalue weighted by atomic mass is 32.2. The van der Waals surface area contributed by atoms with Gasteiger partial charge < -0.3 is 4.90 Å². The van der Waals surface area contributed by atoms with E-state index in [9.17, 15) is 4.79 Å². The van der Waals surface area contributed by atoms with Gasteiger partial charge in [-0.25, -0.2) is 4.98 Å². The van der Waals surface area contributed by atoms with Gasteiger partial charge in [-0.15, -0.1) is 11.8 Å². The van der Waals surface area contributed by atoms with Crippen LogP contribution in [-0.4, -0.2) is 33.6 Å². The van der Waals surface area contributed by atoms with Crippen molar-refractivity contribution in [1.29, 1.82) is 0 Å². The minimum absolute atomic E-state index is 0.0102. The maximum atomic E-state index is 13.2. The standard InChI is InChI=1S/C21H21N3OS/c1-26-20-19(11-7-14-23-20)21(25)24(16-18-10-5-6-13-22-18)15-12-17-8-3-2-4-9-17/h2-11,13-14H,12,15-16H2,1H3. The Morgan fingerprint density at radius 2 is 1.73 bits per heavy atom. The molecule has 0 spiro atoms. The van der Waals surface area contributed by atoms with Crippen molar-refractivity contribution in [2.75, 3.05) is 12.8 Å². The second kappa shape index (κ2) is 9.15. The van der Waals surface area contributed by atoms with E-state index < -0.39 is 0 Å². The zero-order chi connectivity index (χ0) is 18.2. The highest BCUT2D eigenvalue weighted by Gasteiger charge is 2.20. The third-order valence-corrected chi connectivity index (χ3v) is 4.79. The maximum absolute atomic E-state index is 13.2. The lowest BCUT2D eigenvalue weighted by Gasteiger charge is -2.23. The van der Waals surface area contributed by atoms with E-state index in [-0.39, 0.29) is 5.91 Å². The Morgan fingerprint density at radius 1 is 0.962 bits per heavy atom. The van der Waals surface area contributed by atoms with Crippen molar-refractivity contribution in [1.82, 2.24) is 14.9 Å². The first-order valence-corrected chi connectivity index (χ1v) is 9.72. The number of hydrogen-bond acceptors (Lipinski definition) is 4. The molecule has 1 aromatic carbocycles. The van der Waals surface area contributed by atoms with Crippen molar-refractivity contribution in [2.45, 2.75) is 18.0 Å². The molecule has 0 fully saturated rings. The minimum Gasteiger partial charge on any atom is -0.332 e. The van der Waals surface area contributed by atoms with E-state index in [4.69, 9.17) is 0 Å². The van der Waals surface area contributed by atoms with Crippen molar-refractivity contribution in [3.63, 3.8) is 0 Å². The summed E-state index contributed by atoms with van der Waals surface area (Å²) in [6, 6.07) is 19.6. The summed E-state index contributed by atoms with van der Waals surface area (Å²) >= 11 is 1.49. The molecule has 0 unspecified atom stereocenters. The molecular formula is C21H21N3OS. The fourth-order valence-electron chi connectivity index (χ4n) is 2.73. The third-order valence-electron chi connectivity index (χ3n) is 4.07. The molecule has 0 saturated heterocycles. The first-order valence-electron chi connectivity index (χ1n) is 8.50. The van der Waals surface area contributed by atoms with Gasteiger partial charge in [0.2, 0.25) is 0 Å². The smallest absolute Gasteiger partial charge is 0.256 e. The minimum atomic E-state index is -0.0102. The molecule has 2 aromatic heterocycles. The van der Waals surface area contributed by atoms with Crippen LogP contribution in [0.2, 0.25) is 0 Å². The second-order valence-electron chi connectivity index (χ2n) is 5.84. The molecule has 3 aromatic rings. The zero-order valence-electron chi connectivity index (χ0n) is 14.7. The summed E-state index contributed by atoms with van der Waals surface area (Å²) in [6.45, 7) is 1.11. The molecule has 1 amide bonds. The molecule has 0 atom stereocenters. The summed E-state index contributed by atoms with van der Waals surface area (Å²) in [7, 11) is 0. The average molecular weight is 363 g/mol. The Balaban J connectivity index is 1.82. The molecular weight excluding hydrogens is 342 g/mol. The lowest BCUT2D eigenvalue weighted by molar-refractivity contribution is 0.0738. The molecule has 2 heterocycles. The molecule has 0 bridgehead atoms. The first-order chi connectivity index (χ1) is 12.8. The van der Waals surface area contributed by atoms with Crippen molar-refractivity contribution >= 4 is 17.7 Å². The lowest BCUT2D eigenvalue weighted by Crippen LogP contribution is -2.33. The van der Waals surface area contributed by atoms with Crippen molar-refractivity contribution in [2.24, 2.45) is 0 Å². The van der Waals surface area contributed by atoms with Gasteiger partial charge in [0.15, 0.2) is 0 Å². The average Bonchev–Trinajstić information content (AvgIpc) is 2.72. The predicted octanol–water partition coefficient (Wildman–Crippen LogP) is 4.08. The Kier molecular flexibility index (Phi) is 6.39. The summed E-state index contributed by atoms with van der Waals surface area (Å²) in [5.41, 5.74) is 2.73. The van der Waals surface area contributed by atoms with Crippen LogP contribution in [0.4, 0.5) is 0 Å². The number of amides is 1. The Hall–Kier alpha value is -2.66. The SMILES string of the molecule is CSc1ncccc1C(=O)N(CCc1ccccc1)Cc1ccccn1. The summed E-state index contributed by atoms with van der Waals surface area (Å²) in [6.07, 6.45) is 6.21. The normalized spacial score (nSPS) is 10.5. The monoisotopic (exact) mass is 363 g/mol. The van der Waals surface area contributed by atoms with Gasteiger partial charge >= 0.3 is 0 Å². The predicted molar refractivity (Wildman–Crippen MR) is 105 cm³/mol. The Morgan fingerprint density at radius 3 is 2.46 bits per heavy atom. The van der Waals surface area contributed by atoms with Crippen LogP contribution in [0.1, 0.15) is 21.6 Å². The Bertz CT molecular complexity index is 840. The van der Waals surface area contributed by atoms with E-state index in [0.29, 0.717) is 18.7 Å². The van der Waals surface area contributed by atoms with E-state index in [0.717, 1.165) is 17.1 Å². The molecule has 0 N–H and O–H groups in total. The number of thioether (sulfide) groups is 1. The van der Waals surface area contributed by atoms with Crippen LogP contribution in [0.25, 0.3) is 0 Å². The van der Waals surface area contributed by atoms with E-state index in [1.165, 1.54) is 17.3 Å².